The molecule has 1 unspecified atom stereocenters. The van der Waals surface area contributed by atoms with Gasteiger partial charge in [0.05, 0.1) is 12.6 Å². The summed E-state index contributed by atoms with van der Waals surface area (Å²) in [6.45, 7) is 0.663. The van der Waals surface area contributed by atoms with Crippen molar-refractivity contribution < 1.29 is 13.2 Å². The van der Waals surface area contributed by atoms with Crippen LogP contribution in [0, 0.1) is 18.3 Å². The average molecular weight is 313 g/mol. The Morgan fingerprint density at radius 3 is 2.62 bits per heavy atom. The van der Waals surface area contributed by atoms with Crippen molar-refractivity contribution in [1.82, 2.24) is 5.32 Å². The average Bonchev–Trinajstić information content (AvgIpc) is 2.46. The van der Waals surface area contributed by atoms with E-state index in [0.29, 0.717) is 4.88 Å². The van der Waals surface area contributed by atoms with E-state index in [-0.39, 0.29) is 0 Å². The predicted molar refractivity (Wildman–Crippen MR) is 59.2 cm³/mol. The van der Waals surface area contributed by atoms with E-state index >= 15 is 0 Å². The number of rotatable bonds is 3. The zero-order valence-electron chi connectivity index (χ0n) is 8.23. The molecule has 0 amide bonds. The molecular formula is C9H8BrF3N2S. The molecule has 1 aromatic rings. The van der Waals surface area contributed by atoms with Crippen molar-refractivity contribution in [2.24, 2.45) is 0 Å². The first-order chi connectivity index (χ1) is 7.33. The second kappa shape index (κ2) is 5.17. The number of alkyl halides is 3. The minimum absolute atomic E-state index is 0.580. The summed E-state index contributed by atoms with van der Waals surface area (Å²) in [6, 6.07) is 2.55. The Labute approximate surface area is 103 Å². The van der Waals surface area contributed by atoms with Crippen molar-refractivity contribution in [1.29, 1.82) is 5.26 Å². The normalized spacial score (nSPS) is 13.5. The van der Waals surface area contributed by atoms with E-state index in [0.717, 1.165) is 9.35 Å². The highest BCUT2D eigenvalue weighted by molar-refractivity contribution is 9.10. The van der Waals surface area contributed by atoms with E-state index in [1.54, 1.807) is 6.07 Å². The van der Waals surface area contributed by atoms with E-state index in [9.17, 15) is 13.2 Å². The van der Waals surface area contributed by atoms with E-state index in [1.165, 1.54) is 11.3 Å². The highest BCUT2D eigenvalue weighted by Crippen LogP contribution is 2.30. The van der Waals surface area contributed by atoms with Gasteiger partial charge in [-0.25, -0.2) is 0 Å². The largest absolute Gasteiger partial charge is 0.401 e. The van der Waals surface area contributed by atoms with Crippen LogP contribution in [0.2, 0.25) is 0 Å². The molecule has 0 aliphatic carbocycles. The van der Waals surface area contributed by atoms with Crippen LogP contribution in [-0.2, 0) is 0 Å². The quantitative estimate of drug-likeness (QED) is 0.926. The van der Waals surface area contributed by atoms with E-state index in [2.05, 4.69) is 21.2 Å². The van der Waals surface area contributed by atoms with Crippen LogP contribution in [0.5, 0.6) is 0 Å². The fourth-order valence-electron chi connectivity index (χ4n) is 1.05. The number of nitrogens with one attached hydrogen (secondary N) is 1. The number of nitriles is 1. The molecule has 0 bridgehead atoms. The Hall–Kier alpha value is -0.580. The van der Waals surface area contributed by atoms with Crippen LogP contribution in [0.3, 0.4) is 0 Å². The number of hydrogen-bond acceptors (Lipinski definition) is 3. The summed E-state index contributed by atoms with van der Waals surface area (Å²) in [6.07, 6.45) is -4.31. The fraction of sp³-hybridized carbons (Fsp3) is 0.444. The van der Waals surface area contributed by atoms with Crippen molar-refractivity contribution in [2.75, 3.05) is 6.54 Å². The van der Waals surface area contributed by atoms with Gasteiger partial charge in [-0.2, -0.15) is 18.4 Å². The number of thiophene rings is 1. The van der Waals surface area contributed by atoms with E-state index in [1.807, 2.05) is 13.0 Å². The lowest BCUT2D eigenvalue weighted by Gasteiger charge is -2.11. The second-order valence-corrected chi connectivity index (χ2v) is 5.25. The van der Waals surface area contributed by atoms with Gasteiger partial charge >= 0.3 is 6.18 Å². The number of aryl methyl sites for hydroxylation is 1. The molecule has 16 heavy (non-hydrogen) atoms. The third-order valence-corrected chi connectivity index (χ3v) is 4.00. The summed E-state index contributed by atoms with van der Waals surface area (Å²) < 4.78 is 36.7. The maximum absolute atomic E-state index is 12.0. The third kappa shape index (κ3) is 3.77. The van der Waals surface area contributed by atoms with Crippen molar-refractivity contribution in [3.8, 4) is 6.07 Å². The SMILES string of the molecule is Cc1sc(C(C#N)NCC(F)(F)F)cc1Br. The van der Waals surface area contributed by atoms with Gasteiger partial charge in [0, 0.05) is 14.2 Å². The molecule has 1 rings (SSSR count). The van der Waals surface area contributed by atoms with Gasteiger partial charge in [0.1, 0.15) is 6.04 Å². The molecule has 0 spiro atoms. The van der Waals surface area contributed by atoms with Gasteiger partial charge < -0.3 is 0 Å². The summed E-state index contributed by atoms with van der Waals surface area (Å²) in [5.74, 6) is 0. The van der Waals surface area contributed by atoms with Crippen molar-refractivity contribution in [3.05, 3.63) is 20.3 Å². The maximum Gasteiger partial charge on any atom is 0.401 e. The Morgan fingerprint density at radius 1 is 1.62 bits per heavy atom. The van der Waals surface area contributed by atoms with E-state index in [4.69, 9.17) is 5.26 Å². The van der Waals surface area contributed by atoms with Gasteiger partial charge in [-0.05, 0) is 28.9 Å². The Kier molecular flexibility index (Phi) is 4.35. The molecule has 2 nitrogen and oxygen atoms in total. The van der Waals surface area contributed by atoms with Crippen LogP contribution in [0.1, 0.15) is 15.8 Å². The van der Waals surface area contributed by atoms with Gasteiger partial charge in [-0.15, -0.1) is 11.3 Å². The summed E-state index contributed by atoms with van der Waals surface area (Å²) in [5, 5.41) is 11.0. The van der Waals surface area contributed by atoms with Crippen LogP contribution in [-0.4, -0.2) is 12.7 Å². The first kappa shape index (κ1) is 13.5. The molecule has 0 radical (unpaired) electrons. The van der Waals surface area contributed by atoms with Crippen molar-refractivity contribution in [2.45, 2.75) is 19.1 Å². The lowest BCUT2D eigenvalue weighted by Crippen LogP contribution is -2.31. The van der Waals surface area contributed by atoms with Crippen LogP contribution in [0.15, 0.2) is 10.5 Å². The van der Waals surface area contributed by atoms with Crippen LogP contribution in [0.4, 0.5) is 13.2 Å². The molecule has 0 aliphatic rings. The molecule has 0 saturated heterocycles. The number of halogens is 4. The van der Waals surface area contributed by atoms with Gasteiger partial charge in [-0.1, -0.05) is 0 Å². The summed E-state index contributed by atoms with van der Waals surface area (Å²) in [7, 11) is 0. The van der Waals surface area contributed by atoms with Gasteiger partial charge in [0.25, 0.3) is 0 Å². The maximum atomic E-state index is 12.0. The molecule has 0 fully saturated rings. The number of nitrogens with zero attached hydrogens (tertiary/aromatic N) is 1. The minimum atomic E-state index is -4.31. The molecular weight excluding hydrogens is 305 g/mol. The molecule has 1 atom stereocenters. The predicted octanol–water partition coefficient (Wildman–Crippen LogP) is 3.54. The van der Waals surface area contributed by atoms with E-state index < -0.39 is 18.8 Å². The lowest BCUT2D eigenvalue weighted by molar-refractivity contribution is -0.125. The Balaban J connectivity index is 2.73. The van der Waals surface area contributed by atoms with Crippen LogP contribution in [0.25, 0.3) is 0 Å². The molecule has 1 heterocycles. The summed E-state index contributed by atoms with van der Waals surface area (Å²) in [4.78, 5) is 1.51. The molecule has 88 valence electrons. The molecule has 0 aromatic carbocycles. The molecule has 0 aliphatic heterocycles. The molecule has 7 heteroatoms. The fourth-order valence-corrected chi connectivity index (χ4v) is 2.63. The first-order valence-corrected chi connectivity index (χ1v) is 5.90. The zero-order chi connectivity index (χ0) is 12.3. The number of hydrogen-bond donors (Lipinski definition) is 1. The van der Waals surface area contributed by atoms with Crippen molar-refractivity contribution >= 4 is 27.3 Å². The smallest absolute Gasteiger partial charge is 0.289 e. The molecule has 1 N–H and O–H groups in total. The highest BCUT2D eigenvalue weighted by atomic mass is 79.9. The Bertz CT molecular complexity index is 388. The van der Waals surface area contributed by atoms with Gasteiger partial charge in [0.15, 0.2) is 0 Å². The van der Waals surface area contributed by atoms with Gasteiger partial charge in [0.2, 0.25) is 0 Å². The monoisotopic (exact) mass is 312 g/mol. The third-order valence-electron chi connectivity index (χ3n) is 1.80. The second-order valence-electron chi connectivity index (χ2n) is 3.11. The van der Waals surface area contributed by atoms with Crippen LogP contribution < -0.4 is 5.32 Å². The van der Waals surface area contributed by atoms with Crippen molar-refractivity contribution in [3.63, 3.8) is 0 Å². The molecule has 1 aromatic heterocycles. The summed E-state index contributed by atoms with van der Waals surface area (Å²) in [5.41, 5.74) is 0. The first-order valence-electron chi connectivity index (χ1n) is 4.29. The Morgan fingerprint density at radius 2 is 2.25 bits per heavy atom. The van der Waals surface area contributed by atoms with Gasteiger partial charge in [-0.3, -0.25) is 5.32 Å². The standard InChI is InChI=1S/C9H8BrF3N2S/c1-5-6(10)2-8(16-5)7(3-14)15-4-9(11,12)13/h2,7,15H,4H2,1H3. The topological polar surface area (TPSA) is 35.8 Å². The highest BCUT2D eigenvalue weighted by Gasteiger charge is 2.28. The molecule has 0 saturated carbocycles. The minimum Gasteiger partial charge on any atom is -0.289 e. The zero-order valence-corrected chi connectivity index (χ0v) is 10.6. The lowest BCUT2D eigenvalue weighted by atomic mass is 10.2. The van der Waals surface area contributed by atoms with Crippen LogP contribution >= 0.6 is 27.3 Å². The summed E-state index contributed by atoms with van der Waals surface area (Å²) >= 11 is 4.55.